The van der Waals surface area contributed by atoms with Crippen LogP contribution >= 0.6 is 11.3 Å². The molecule has 0 spiro atoms. The summed E-state index contributed by atoms with van der Waals surface area (Å²) < 4.78 is 38.1. The normalized spacial score (nSPS) is 13.4. The summed E-state index contributed by atoms with van der Waals surface area (Å²) in [6, 6.07) is 1.60. The minimum atomic E-state index is -4.41. The fraction of sp³-hybridized carbons (Fsp3) is 0.429. The second-order valence-electron chi connectivity index (χ2n) is 4.77. The van der Waals surface area contributed by atoms with Crippen LogP contribution in [0.15, 0.2) is 18.5 Å². The third-order valence-corrected chi connectivity index (χ3v) is 4.09. The second-order valence-corrected chi connectivity index (χ2v) is 5.83. The van der Waals surface area contributed by atoms with Crippen molar-refractivity contribution in [3.05, 3.63) is 45.2 Å². The third kappa shape index (κ3) is 3.59. The third-order valence-electron chi connectivity index (χ3n) is 2.99. The maximum Gasteiger partial charge on any atom is 0.443 e. The fourth-order valence-corrected chi connectivity index (χ4v) is 2.98. The molecule has 7 heteroatoms. The number of thiazole rings is 1. The molecule has 2 rings (SSSR count). The second kappa shape index (κ2) is 6.11. The molecule has 2 aromatic heterocycles. The smallest absolute Gasteiger partial charge is 0.305 e. The first kappa shape index (κ1) is 15.9. The molecule has 2 aromatic rings. The summed E-state index contributed by atoms with van der Waals surface area (Å²) in [6.07, 6.45) is -1.41. The summed E-state index contributed by atoms with van der Waals surface area (Å²) in [5, 5.41) is 2.35. The molecule has 1 unspecified atom stereocenters. The van der Waals surface area contributed by atoms with Crippen LogP contribution in [0.3, 0.4) is 0 Å². The Morgan fingerprint density at radius 2 is 1.95 bits per heavy atom. The Balaban J connectivity index is 2.41. The lowest BCUT2D eigenvalue weighted by atomic mass is 10.1. The van der Waals surface area contributed by atoms with Gasteiger partial charge in [0, 0.05) is 17.3 Å². The van der Waals surface area contributed by atoms with Crippen LogP contribution in [-0.4, -0.2) is 16.5 Å². The molecule has 0 fully saturated rings. The van der Waals surface area contributed by atoms with Crippen molar-refractivity contribution in [3.63, 3.8) is 0 Å². The van der Waals surface area contributed by atoms with E-state index < -0.39 is 11.2 Å². The molecule has 0 aliphatic carbocycles. The zero-order valence-corrected chi connectivity index (χ0v) is 12.8. The van der Waals surface area contributed by atoms with Gasteiger partial charge >= 0.3 is 6.18 Å². The van der Waals surface area contributed by atoms with Gasteiger partial charge in [0.05, 0.1) is 11.7 Å². The fourth-order valence-electron chi connectivity index (χ4n) is 2.12. The standard InChI is InChI=1S/C14H16F3N3S/c1-4-18-12(11-9(3)5-8(2)6-19-11)10-7-20-13(21-10)14(15,16)17/h5-7,12,18H,4H2,1-3H3. The number of rotatable bonds is 4. The van der Waals surface area contributed by atoms with Crippen molar-refractivity contribution < 1.29 is 13.2 Å². The van der Waals surface area contributed by atoms with E-state index in [0.717, 1.165) is 16.8 Å². The summed E-state index contributed by atoms with van der Waals surface area (Å²) in [4.78, 5) is 8.39. The zero-order valence-electron chi connectivity index (χ0n) is 12.0. The number of hydrogen-bond acceptors (Lipinski definition) is 4. The molecule has 0 aliphatic rings. The molecule has 0 saturated carbocycles. The summed E-state index contributed by atoms with van der Waals surface area (Å²) in [5.41, 5.74) is 2.70. The number of pyridine rings is 1. The van der Waals surface area contributed by atoms with Gasteiger partial charge in [-0.3, -0.25) is 4.98 Å². The molecule has 2 heterocycles. The maximum absolute atomic E-state index is 12.7. The van der Waals surface area contributed by atoms with Crippen LogP contribution in [0.2, 0.25) is 0 Å². The van der Waals surface area contributed by atoms with E-state index in [9.17, 15) is 13.2 Å². The molecular weight excluding hydrogens is 299 g/mol. The van der Waals surface area contributed by atoms with Gasteiger partial charge in [-0.15, -0.1) is 11.3 Å². The van der Waals surface area contributed by atoms with Crippen LogP contribution in [0, 0.1) is 13.8 Å². The molecule has 0 radical (unpaired) electrons. The van der Waals surface area contributed by atoms with Gasteiger partial charge in [-0.2, -0.15) is 13.2 Å². The highest BCUT2D eigenvalue weighted by molar-refractivity contribution is 7.11. The molecule has 1 atom stereocenters. The Morgan fingerprint density at radius 1 is 1.24 bits per heavy atom. The van der Waals surface area contributed by atoms with E-state index in [4.69, 9.17) is 0 Å². The number of nitrogens with zero attached hydrogens (tertiary/aromatic N) is 2. The van der Waals surface area contributed by atoms with E-state index in [2.05, 4.69) is 15.3 Å². The highest BCUT2D eigenvalue weighted by Gasteiger charge is 2.35. The predicted molar refractivity (Wildman–Crippen MR) is 76.3 cm³/mol. The predicted octanol–water partition coefficient (Wildman–Crippen LogP) is 3.87. The molecule has 1 N–H and O–H groups in total. The molecule has 114 valence electrons. The van der Waals surface area contributed by atoms with Crippen molar-refractivity contribution in [2.24, 2.45) is 0 Å². The van der Waals surface area contributed by atoms with E-state index in [1.165, 1.54) is 6.20 Å². The van der Waals surface area contributed by atoms with Crippen LogP contribution < -0.4 is 5.32 Å². The van der Waals surface area contributed by atoms with Crippen molar-refractivity contribution in [3.8, 4) is 0 Å². The molecule has 21 heavy (non-hydrogen) atoms. The topological polar surface area (TPSA) is 37.8 Å². The van der Waals surface area contributed by atoms with Gasteiger partial charge in [-0.05, 0) is 31.5 Å². The van der Waals surface area contributed by atoms with Crippen molar-refractivity contribution in [2.45, 2.75) is 33.0 Å². The summed E-state index contributed by atoms with van der Waals surface area (Å²) >= 11 is 0.657. The molecule has 0 aromatic carbocycles. The molecular formula is C14H16F3N3S. The van der Waals surface area contributed by atoms with Gasteiger partial charge in [0.15, 0.2) is 5.01 Å². The Morgan fingerprint density at radius 3 is 2.48 bits per heavy atom. The van der Waals surface area contributed by atoms with Crippen LogP contribution in [-0.2, 0) is 6.18 Å². The highest BCUT2D eigenvalue weighted by Crippen LogP contribution is 2.36. The van der Waals surface area contributed by atoms with E-state index in [1.54, 1.807) is 6.20 Å². The number of aryl methyl sites for hydroxylation is 2. The van der Waals surface area contributed by atoms with Gasteiger partial charge in [0.1, 0.15) is 0 Å². The monoisotopic (exact) mass is 315 g/mol. The Kier molecular flexibility index (Phi) is 4.63. The van der Waals surface area contributed by atoms with Crippen molar-refractivity contribution >= 4 is 11.3 Å². The summed E-state index contributed by atoms with van der Waals surface area (Å²) in [5.74, 6) is 0. The van der Waals surface area contributed by atoms with Gasteiger partial charge in [0.2, 0.25) is 0 Å². The number of alkyl halides is 3. The minimum absolute atomic E-state index is 0.371. The van der Waals surface area contributed by atoms with Gasteiger partial charge in [-0.25, -0.2) is 4.98 Å². The number of aromatic nitrogens is 2. The van der Waals surface area contributed by atoms with E-state index >= 15 is 0 Å². The van der Waals surface area contributed by atoms with Crippen molar-refractivity contribution in [2.75, 3.05) is 6.54 Å². The van der Waals surface area contributed by atoms with Crippen LogP contribution in [0.4, 0.5) is 13.2 Å². The number of halogens is 3. The molecule has 3 nitrogen and oxygen atoms in total. The zero-order chi connectivity index (χ0) is 15.6. The Hall–Kier alpha value is -1.47. The van der Waals surface area contributed by atoms with Crippen molar-refractivity contribution in [1.82, 2.24) is 15.3 Å². The van der Waals surface area contributed by atoms with Gasteiger partial charge in [0.25, 0.3) is 0 Å². The van der Waals surface area contributed by atoms with Crippen LogP contribution in [0.25, 0.3) is 0 Å². The highest BCUT2D eigenvalue weighted by atomic mass is 32.1. The van der Waals surface area contributed by atoms with E-state index in [1.807, 2.05) is 26.8 Å². The van der Waals surface area contributed by atoms with Gasteiger partial charge in [-0.1, -0.05) is 13.0 Å². The lowest BCUT2D eigenvalue weighted by Gasteiger charge is -2.18. The summed E-state index contributed by atoms with van der Waals surface area (Å²) in [6.45, 7) is 6.37. The maximum atomic E-state index is 12.7. The molecule has 0 saturated heterocycles. The number of hydrogen-bond donors (Lipinski definition) is 1. The quantitative estimate of drug-likeness (QED) is 0.930. The molecule has 0 amide bonds. The molecule has 0 aliphatic heterocycles. The average molecular weight is 315 g/mol. The first-order valence-electron chi connectivity index (χ1n) is 6.52. The SMILES string of the molecule is CCNC(c1cnc(C(F)(F)F)s1)c1ncc(C)cc1C. The molecule has 0 bridgehead atoms. The number of nitrogens with one attached hydrogen (secondary N) is 1. The van der Waals surface area contributed by atoms with Crippen LogP contribution in [0.1, 0.15) is 39.7 Å². The van der Waals surface area contributed by atoms with Gasteiger partial charge < -0.3 is 5.32 Å². The minimum Gasteiger partial charge on any atom is -0.305 e. The lowest BCUT2D eigenvalue weighted by Crippen LogP contribution is -2.23. The summed E-state index contributed by atoms with van der Waals surface area (Å²) in [7, 11) is 0. The van der Waals surface area contributed by atoms with Crippen molar-refractivity contribution in [1.29, 1.82) is 0 Å². The average Bonchev–Trinajstić information content (AvgIpc) is 2.86. The largest absolute Gasteiger partial charge is 0.443 e. The Labute approximate surface area is 125 Å². The van der Waals surface area contributed by atoms with E-state index in [-0.39, 0.29) is 6.04 Å². The first-order chi connectivity index (χ1) is 9.82. The van der Waals surface area contributed by atoms with Crippen LogP contribution in [0.5, 0.6) is 0 Å². The lowest BCUT2D eigenvalue weighted by molar-refractivity contribution is -0.137. The van der Waals surface area contributed by atoms with E-state index in [0.29, 0.717) is 22.8 Å². The Bertz CT molecular complexity index is 622. The first-order valence-corrected chi connectivity index (χ1v) is 7.34.